The molecule has 66 valence electrons. The number of halogens is 2. The van der Waals surface area contributed by atoms with Gasteiger partial charge >= 0.3 is 0 Å². The third-order valence-electron chi connectivity index (χ3n) is 1.63. The molecule has 12 heavy (non-hydrogen) atoms. The Hall–Kier alpha value is -0.0531. The lowest BCUT2D eigenvalue weighted by molar-refractivity contribution is 1.34. The minimum absolute atomic E-state index is 0.460. The van der Waals surface area contributed by atoms with Gasteiger partial charge < -0.3 is 0 Å². The molecule has 1 aromatic heterocycles. The van der Waals surface area contributed by atoms with Gasteiger partial charge in [0.05, 0.1) is 8.07 Å². The Morgan fingerprint density at radius 3 is 2.25 bits per heavy atom. The van der Waals surface area contributed by atoms with Gasteiger partial charge in [0.15, 0.2) is 0 Å². The number of rotatable bonds is 1. The Balaban J connectivity index is 3.19. The van der Waals surface area contributed by atoms with Crippen LogP contribution in [0.25, 0.3) is 0 Å². The zero-order valence-electron chi connectivity index (χ0n) is 7.36. The van der Waals surface area contributed by atoms with E-state index < -0.39 is 8.07 Å². The van der Waals surface area contributed by atoms with Crippen LogP contribution >= 0.6 is 23.2 Å². The number of pyridine rings is 1. The van der Waals surface area contributed by atoms with Crippen LogP contribution in [0.3, 0.4) is 0 Å². The van der Waals surface area contributed by atoms with Crippen molar-refractivity contribution in [2.45, 2.75) is 19.6 Å². The predicted molar refractivity (Wildman–Crippen MR) is 57.2 cm³/mol. The van der Waals surface area contributed by atoms with E-state index in [1.807, 2.05) is 0 Å². The van der Waals surface area contributed by atoms with Gasteiger partial charge in [0.1, 0.15) is 5.15 Å². The number of hydrogen-bond acceptors (Lipinski definition) is 1. The molecule has 0 aliphatic carbocycles. The largest absolute Gasteiger partial charge is 0.245 e. The standard InChI is InChI=1S/C8H11Cl2NSi/c1-12(2,3)7-5-11-8(10)4-6(7)9/h4-5H,1-3H3. The summed E-state index contributed by atoms with van der Waals surface area (Å²) in [4.78, 5) is 4.02. The zero-order chi connectivity index (χ0) is 9.35. The van der Waals surface area contributed by atoms with Gasteiger partial charge in [0, 0.05) is 11.2 Å². The van der Waals surface area contributed by atoms with Gasteiger partial charge in [-0.25, -0.2) is 4.98 Å². The summed E-state index contributed by atoms with van der Waals surface area (Å²) in [6.45, 7) is 6.68. The number of hydrogen-bond donors (Lipinski definition) is 0. The van der Waals surface area contributed by atoms with Gasteiger partial charge in [-0.3, -0.25) is 0 Å². The van der Waals surface area contributed by atoms with Crippen LogP contribution in [0.2, 0.25) is 29.8 Å². The van der Waals surface area contributed by atoms with E-state index in [0.717, 1.165) is 10.2 Å². The quantitative estimate of drug-likeness (QED) is 0.523. The van der Waals surface area contributed by atoms with Gasteiger partial charge in [-0.15, -0.1) is 0 Å². The van der Waals surface area contributed by atoms with Crippen LogP contribution in [-0.2, 0) is 0 Å². The Bertz CT molecular complexity index is 294. The van der Waals surface area contributed by atoms with E-state index in [1.165, 1.54) is 0 Å². The average molecular weight is 220 g/mol. The fourth-order valence-corrected chi connectivity index (χ4v) is 3.42. The molecule has 1 aromatic rings. The molecular weight excluding hydrogens is 209 g/mol. The first-order chi connectivity index (χ1) is 5.41. The van der Waals surface area contributed by atoms with E-state index in [-0.39, 0.29) is 0 Å². The maximum absolute atomic E-state index is 6.02. The SMILES string of the molecule is C[Si](C)(C)c1cnc(Cl)cc1Cl. The highest BCUT2D eigenvalue weighted by Crippen LogP contribution is 2.15. The smallest absolute Gasteiger partial charge is 0.130 e. The van der Waals surface area contributed by atoms with Crippen molar-refractivity contribution in [2.75, 3.05) is 0 Å². The van der Waals surface area contributed by atoms with Gasteiger partial charge in [0.2, 0.25) is 0 Å². The van der Waals surface area contributed by atoms with E-state index in [9.17, 15) is 0 Å². The second-order valence-corrected chi connectivity index (χ2v) is 9.57. The molecule has 0 atom stereocenters. The summed E-state index contributed by atoms with van der Waals surface area (Å²) in [5.74, 6) is 0. The molecule has 0 saturated carbocycles. The lowest BCUT2D eigenvalue weighted by atomic mass is 10.5. The average Bonchev–Trinajstić information content (AvgIpc) is 1.83. The van der Waals surface area contributed by atoms with Crippen molar-refractivity contribution >= 4 is 36.5 Å². The van der Waals surface area contributed by atoms with E-state index in [0.29, 0.717) is 5.15 Å². The van der Waals surface area contributed by atoms with Crippen LogP contribution in [0.4, 0.5) is 0 Å². The monoisotopic (exact) mass is 219 g/mol. The molecule has 0 spiro atoms. The number of nitrogens with zero attached hydrogens (tertiary/aromatic N) is 1. The summed E-state index contributed by atoms with van der Waals surface area (Å²) >= 11 is 11.7. The minimum Gasteiger partial charge on any atom is -0.245 e. The second kappa shape index (κ2) is 3.36. The first kappa shape index (κ1) is 10.0. The predicted octanol–water partition coefficient (Wildman–Crippen LogP) is 2.93. The highest BCUT2D eigenvalue weighted by molar-refractivity contribution is 6.90. The molecular formula is C8H11Cl2NSi. The zero-order valence-corrected chi connectivity index (χ0v) is 9.87. The van der Waals surface area contributed by atoms with E-state index in [1.54, 1.807) is 12.3 Å². The van der Waals surface area contributed by atoms with Crippen LogP contribution in [0.5, 0.6) is 0 Å². The molecule has 0 N–H and O–H groups in total. The molecule has 0 saturated heterocycles. The van der Waals surface area contributed by atoms with E-state index >= 15 is 0 Å². The van der Waals surface area contributed by atoms with Crippen LogP contribution in [0.1, 0.15) is 0 Å². The van der Waals surface area contributed by atoms with Crippen LogP contribution in [0, 0.1) is 0 Å². The Kier molecular flexibility index (Phi) is 2.81. The summed E-state index contributed by atoms with van der Waals surface area (Å²) in [5, 5.41) is 2.37. The summed E-state index contributed by atoms with van der Waals surface area (Å²) in [5.41, 5.74) is 0. The van der Waals surface area contributed by atoms with Crippen molar-refractivity contribution in [3.8, 4) is 0 Å². The Morgan fingerprint density at radius 2 is 1.83 bits per heavy atom. The molecule has 0 bridgehead atoms. The molecule has 0 amide bonds. The molecule has 1 nitrogen and oxygen atoms in total. The lowest BCUT2D eigenvalue weighted by Gasteiger charge is -2.17. The van der Waals surface area contributed by atoms with Crippen LogP contribution in [-0.4, -0.2) is 13.1 Å². The summed E-state index contributed by atoms with van der Waals surface area (Å²) < 4.78 is 0. The van der Waals surface area contributed by atoms with E-state index in [4.69, 9.17) is 23.2 Å². The molecule has 1 heterocycles. The topological polar surface area (TPSA) is 12.9 Å². The second-order valence-electron chi connectivity index (χ2n) is 3.74. The van der Waals surface area contributed by atoms with Gasteiger partial charge in [-0.2, -0.15) is 0 Å². The molecule has 0 aromatic carbocycles. The normalized spacial score (nSPS) is 11.8. The van der Waals surface area contributed by atoms with Crippen molar-refractivity contribution in [3.63, 3.8) is 0 Å². The molecule has 1 rings (SSSR count). The van der Waals surface area contributed by atoms with Crippen molar-refractivity contribution in [2.24, 2.45) is 0 Å². The van der Waals surface area contributed by atoms with Crippen molar-refractivity contribution in [3.05, 3.63) is 22.4 Å². The summed E-state index contributed by atoms with van der Waals surface area (Å²) in [6, 6.07) is 1.71. The minimum atomic E-state index is -1.35. The highest BCUT2D eigenvalue weighted by atomic mass is 35.5. The van der Waals surface area contributed by atoms with Gasteiger partial charge in [-0.05, 0) is 11.3 Å². The summed E-state index contributed by atoms with van der Waals surface area (Å²) in [6.07, 6.45) is 1.79. The van der Waals surface area contributed by atoms with Crippen LogP contribution < -0.4 is 5.19 Å². The van der Waals surface area contributed by atoms with Gasteiger partial charge in [-0.1, -0.05) is 42.8 Å². The molecule has 0 aliphatic rings. The first-order valence-electron chi connectivity index (χ1n) is 3.73. The number of aromatic nitrogens is 1. The third kappa shape index (κ3) is 2.22. The van der Waals surface area contributed by atoms with Crippen molar-refractivity contribution in [1.29, 1.82) is 0 Å². The van der Waals surface area contributed by atoms with E-state index in [2.05, 4.69) is 24.6 Å². The highest BCUT2D eigenvalue weighted by Gasteiger charge is 2.19. The fraction of sp³-hybridized carbons (Fsp3) is 0.375. The van der Waals surface area contributed by atoms with Crippen molar-refractivity contribution < 1.29 is 0 Å². The first-order valence-corrected chi connectivity index (χ1v) is 7.98. The Labute approximate surface area is 83.7 Å². The fourth-order valence-electron chi connectivity index (χ4n) is 0.959. The molecule has 0 unspecified atom stereocenters. The molecule has 0 aliphatic heterocycles. The lowest BCUT2D eigenvalue weighted by Crippen LogP contribution is -2.38. The molecule has 0 fully saturated rings. The maximum Gasteiger partial charge on any atom is 0.130 e. The summed E-state index contributed by atoms with van der Waals surface area (Å²) in [7, 11) is -1.35. The van der Waals surface area contributed by atoms with Gasteiger partial charge in [0.25, 0.3) is 0 Å². The maximum atomic E-state index is 6.02. The third-order valence-corrected chi connectivity index (χ3v) is 4.32. The molecule has 0 radical (unpaired) electrons. The van der Waals surface area contributed by atoms with Crippen molar-refractivity contribution in [1.82, 2.24) is 4.98 Å². The molecule has 4 heteroatoms. The van der Waals surface area contributed by atoms with Crippen LogP contribution in [0.15, 0.2) is 12.3 Å². The Morgan fingerprint density at radius 1 is 1.25 bits per heavy atom.